The molecule has 112 valence electrons. The third kappa shape index (κ3) is 4.56. The average molecular weight is 283 g/mol. The van der Waals surface area contributed by atoms with E-state index < -0.39 is 18.0 Å². The number of aromatic nitrogens is 1. The van der Waals surface area contributed by atoms with E-state index in [-0.39, 0.29) is 12.5 Å². The first-order valence-electron chi connectivity index (χ1n) is 6.68. The Bertz CT molecular complexity index is 458. The van der Waals surface area contributed by atoms with Crippen molar-refractivity contribution < 1.29 is 19.1 Å². The number of hydrogen-bond donors (Lipinski definition) is 3. The molecular weight excluding hydrogens is 262 g/mol. The van der Waals surface area contributed by atoms with E-state index in [1.807, 2.05) is 13.8 Å². The third-order valence-electron chi connectivity index (χ3n) is 3.12. The van der Waals surface area contributed by atoms with E-state index >= 15 is 0 Å². The Morgan fingerprint density at radius 3 is 2.65 bits per heavy atom. The van der Waals surface area contributed by atoms with E-state index in [9.17, 15) is 9.59 Å². The van der Waals surface area contributed by atoms with Crippen molar-refractivity contribution in [3.05, 3.63) is 17.8 Å². The number of carbonyl (C=O) groups excluding carboxylic acids is 1. The molecule has 1 unspecified atom stereocenters. The second kappa shape index (κ2) is 7.52. The van der Waals surface area contributed by atoms with Crippen molar-refractivity contribution in [2.45, 2.75) is 46.2 Å². The Labute approximate surface area is 117 Å². The standard InChI is InChI=1S/C13H21N3O4/c1-4-8(3)11(12(17)18)16-13(19)15-7-10-14-6-9(5-2)20-10/h6,8,11H,4-5,7H2,1-3H3,(H,17,18)(H2,15,16,19)/t8?,11-/m0/s1. The molecule has 1 heterocycles. The van der Waals surface area contributed by atoms with Gasteiger partial charge in [0.2, 0.25) is 5.89 Å². The molecule has 2 atom stereocenters. The fourth-order valence-electron chi connectivity index (χ4n) is 1.62. The van der Waals surface area contributed by atoms with Gasteiger partial charge in [-0.3, -0.25) is 0 Å². The number of nitrogens with one attached hydrogen (secondary N) is 2. The highest BCUT2D eigenvalue weighted by Gasteiger charge is 2.25. The first kappa shape index (κ1) is 16.0. The molecule has 0 fully saturated rings. The minimum absolute atomic E-state index is 0.124. The summed E-state index contributed by atoms with van der Waals surface area (Å²) in [4.78, 5) is 26.8. The molecule has 0 bridgehead atoms. The van der Waals surface area contributed by atoms with Crippen LogP contribution in [-0.2, 0) is 17.8 Å². The zero-order chi connectivity index (χ0) is 15.1. The van der Waals surface area contributed by atoms with Crippen LogP contribution in [0, 0.1) is 5.92 Å². The number of rotatable bonds is 7. The fraction of sp³-hybridized carbons (Fsp3) is 0.615. The molecule has 2 amide bonds. The lowest BCUT2D eigenvalue weighted by molar-refractivity contribution is -0.140. The van der Waals surface area contributed by atoms with Crippen LogP contribution >= 0.6 is 0 Å². The number of aliphatic carboxylic acids is 1. The number of hydrogen-bond acceptors (Lipinski definition) is 4. The van der Waals surface area contributed by atoms with Crippen molar-refractivity contribution in [3.63, 3.8) is 0 Å². The number of amides is 2. The highest BCUT2D eigenvalue weighted by molar-refractivity contribution is 5.82. The van der Waals surface area contributed by atoms with Crippen molar-refractivity contribution in [2.75, 3.05) is 0 Å². The molecular formula is C13H21N3O4. The summed E-state index contributed by atoms with van der Waals surface area (Å²) >= 11 is 0. The van der Waals surface area contributed by atoms with Crippen LogP contribution in [0.3, 0.4) is 0 Å². The topological polar surface area (TPSA) is 104 Å². The number of oxazole rings is 1. The molecule has 0 saturated heterocycles. The molecule has 0 saturated carbocycles. The largest absolute Gasteiger partial charge is 0.480 e. The van der Waals surface area contributed by atoms with E-state index in [0.717, 1.165) is 12.2 Å². The maximum Gasteiger partial charge on any atom is 0.326 e. The van der Waals surface area contributed by atoms with Gasteiger partial charge in [0.1, 0.15) is 11.8 Å². The van der Waals surface area contributed by atoms with Crippen molar-refractivity contribution in [2.24, 2.45) is 5.92 Å². The Hall–Kier alpha value is -2.05. The zero-order valence-electron chi connectivity index (χ0n) is 12.0. The lowest BCUT2D eigenvalue weighted by atomic mass is 9.99. The number of carboxylic acid groups (broad SMARTS) is 1. The second-order valence-electron chi connectivity index (χ2n) is 4.60. The monoisotopic (exact) mass is 283 g/mol. The summed E-state index contributed by atoms with van der Waals surface area (Å²) in [6.07, 6.45) is 3.00. The molecule has 0 aromatic carbocycles. The summed E-state index contributed by atoms with van der Waals surface area (Å²) in [6.45, 7) is 5.71. The van der Waals surface area contributed by atoms with Gasteiger partial charge >= 0.3 is 12.0 Å². The van der Waals surface area contributed by atoms with Crippen LogP contribution in [0.1, 0.15) is 38.8 Å². The van der Waals surface area contributed by atoms with Crippen LogP contribution in [0.25, 0.3) is 0 Å². The lowest BCUT2D eigenvalue weighted by Gasteiger charge is -2.20. The molecule has 0 radical (unpaired) electrons. The Balaban J connectivity index is 2.47. The Morgan fingerprint density at radius 2 is 2.15 bits per heavy atom. The van der Waals surface area contributed by atoms with Gasteiger partial charge in [0, 0.05) is 6.42 Å². The normalized spacial score (nSPS) is 13.6. The van der Waals surface area contributed by atoms with E-state index in [0.29, 0.717) is 12.3 Å². The SMILES string of the molecule is CCc1cnc(CNC(=O)N[C@H](C(=O)O)C(C)CC)o1. The number of nitrogens with zero attached hydrogens (tertiary/aromatic N) is 1. The average Bonchev–Trinajstić information content (AvgIpc) is 2.89. The predicted molar refractivity (Wildman–Crippen MR) is 72.1 cm³/mol. The van der Waals surface area contributed by atoms with Crippen LogP contribution < -0.4 is 10.6 Å². The van der Waals surface area contributed by atoms with Crippen molar-refractivity contribution in [1.29, 1.82) is 0 Å². The number of carboxylic acids is 1. The van der Waals surface area contributed by atoms with Gasteiger partial charge in [0.05, 0.1) is 12.7 Å². The molecule has 1 aromatic heterocycles. The highest BCUT2D eigenvalue weighted by atomic mass is 16.4. The molecule has 7 heteroatoms. The summed E-state index contributed by atoms with van der Waals surface area (Å²) in [5, 5.41) is 14.0. The van der Waals surface area contributed by atoms with E-state index in [4.69, 9.17) is 9.52 Å². The highest BCUT2D eigenvalue weighted by Crippen LogP contribution is 2.08. The summed E-state index contributed by atoms with van der Waals surface area (Å²) < 4.78 is 5.33. The molecule has 1 rings (SSSR count). The van der Waals surface area contributed by atoms with Gasteiger partial charge in [0.25, 0.3) is 0 Å². The Morgan fingerprint density at radius 1 is 1.45 bits per heavy atom. The van der Waals surface area contributed by atoms with Crippen LogP contribution in [0.5, 0.6) is 0 Å². The van der Waals surface area contributed by atoms with Gasteiger partial charge < -0.3 is 20.2 Å². The van der Waals surface area contributed by atoms with Crippen LogP contribution in [0.2, 0.25) is 0 Å². The molecule has 0 aliphatic rings. The van der Waals surface area contributed by atoms with E-state index in [2.05, 4.69) is 15.6 Å². The van der Waals surface area contributed by atoms with E-state index in [1.54, 1.807) is 13.1 Å². The van der Waals surface area contributed by atoms with Crippen LogP contribution in [-0.4, -0.2) is 28.1 Å². The minimum Gasteiger partial charge on any atom is -0.480 e. The van der Waals surface area contributed by atoms with Gasteiger partial charge in [-0.05, 0) is 5.92 Å². The maximum absolute atomic E-state index is 11.7. The fourth-order valence-corrected chi connectivity index (χ4v) is 1.62. The number of carbonyl (C=O) groups is 2. The van der Waals surface area contributed by atoms with Crippen LogP contribution in [0.4, 0.5) is 4.79 Å². The Kier molecular flexibility index (Phi) is 6.02. The maximum atomic E-state index is 11.7. The molecule has 3 N–H and O–H groups in total. The molecule has 0 spiro atoms. The summed E-state index contributed by atoms with van der Waals surface area (Å²) in [5.41, 5.74) is 0. The van der Waals surface area contributed by atoms with E-state index in [1.165, 1.54) is 0 Å². The second-order valence-corrected chi connectivity index (χ2v) is 4.60. The first-order valence-corrected chi connectivity index (χ1v) is 6.68. The number of urea groups is 1. The first-order chi connectivity index (χ1) is 9.47. The quantitative estimate of drug-likeness (QED) is 0.704. The summed E-state index contributed by atoms with van der Waals surface area (Å²) in [6, 6.07) is -1.45. The molecule has 0 aliphatic carbocycles. The lowest BCUT2D eigenvalue weighted by Crippen LogP contribution is -2.48. The molecule has 7 nitrogen and oxygen atoms in total. The van der Waals surface area contributed by atoms with Crippen molar-refractivity contribution in [3.8, 4) is 0 Å². The summed E-state index contributed by atoms with van der Waals surface area (Å²) in [7, 11) is 0. The van der Waals surface area contributed by atoms with Crippen molar-refractivity contribution >= 4 is 12.0 Å². The van der Waals surface area contributed by atoms with Gasteiger partial charge in [-0.15, -0.1) is 0 Å². The van der Waals surface area contributed by atoms with Crippen LogP contribution in [0.15, 0.2) is 10.6 Å². The smallest absolute Gasteiger partial charge is 0.326 e. The van der Waals surface area contributed by atoms with Crippen molar-refractivity contribution in [1.82, 2.24) is 15.6 Å². The molecule has 1 aromatic rings. The van der Waals surface area contributed by atoms with Gasteiger partial charge in [0.15, 0.2) is 0 Å². The third-order valence-corrected chi connectivity index (χ3v) is 3.12. The zero-order valence-corrected chi connectivity index (χ0v) is 12.0. The molecule has 0 aliphatic heterocycles. The minimum atomic E-state index is -1.04. The van der Waals surface area contributed by atoms with Gasteiger partial charge in [-0.25, -0.2) is 14.6 Å². The summed E-state index contributed by atoms with van der Waals surface area (Å²) in [5.74, 6) is -0.0526. The van der Waals surface area contributed by atoms with Gasteiger partial charge in [-0.2, -0.15) is 0 Å². The van der Waals surface area contributed by atoms with Gasteiger partial charge in [-0.1, -0.05) is 27.2 Å². The predicted octanol–water partition coefficient (Wildman–Crippen LogP) is 1.54. The number of aryl methyl sites for hydroxylation is 1. The molecule has 20 heavy (non-hydrogen) atoms.